The largest absolute Gasteiger partial charge is 0.352 e. The highest BCUT2D eigenvalue weighted by atomic mass is 32.2. The minimum Gasteiger partial charge on any atom is -0.352 e. The Kier molecular flexibility index (Phi) is 4.91. The van der Waals surface area contributed by atoms with Gasteiger partial charge in [-0.3, -0.25) is 0 Å². The standard InChI is InChI=1S/C15H22N2O2S2/c1-5-14-6-7-15(20-14)21(18,19)16-9-8-13-10-11(2)17(4)12(13)3/h6-7,10,16H,5,8-9H2,1-4H3. The maximum absolute atomic E-state index is 12.2. The minimum absolute atomic E-state index is 0.403. The molecule has 21 heavy (non-hydrogen) atoms. The second kappa shape index (κ2) is 6.34. The highest BCUT2D eigenvalue weighted by Gasteiger charge is 2.16. The third kappa shape index (κ3) is 3.56. The summed E-state index contributed by atoms with van der Waals surface area (Å²) in [5.41, 5.74) is 3.57. The average Bonchev–Trinajstić information content (AvgIpc) is 3.01. The summed E-state index contributed by atoms with van der Waals surface area (Å²) in [6, 6.07) is 5.68. The molecular formula is C15H22N2O2S2. The van der Waals surface area contributed by atoms with Gasteiger partial charge in [0.1, 0.15) is 4.21 Å². The maximum Gasteiger partial charge on any atom is 0.250 e. The van der Waals surface area contributed by atoms with E-state index in [0.717, 1.165) is 11.3 Å². The van der Waals surface area contributed by atoms with Crippen molar-refractivity contribution in [3.63, 3.8) is 0 Å². The van der Waals surface area contributed by atoms with Crippen LogP contribution in [-0.2, 0) is 29.9 Å². The van der Waals surface area contributed by atoms with E-state index in [1.807, 2.05) is 20.0 Å². The van der Waals surface area contributed by atoms with Crippen molar-refractivity contribution in [1.82, 2.24) is 9.29 Å². The molecule has 6 heteroatoms. The summed E-state index contributed by atoms with van der Waals surface area (Å²) < 4.78 is 29.6. The molecule has 0 saturated heterocycles. The quantitative estimate of drug-likeness (QED) is 0.887. The summed E-state index contributed by atoms with van der Waals surface area (Å²) in [7, 11) is -1.35. The van der Waals surface area contributed by atoms with E-state index < -0.39 is 10.0 Å². The number of nitrogens with one attached hydrogen (secondary N) is 1. The monoisotopic (exact) mass is 326 g/mol. The molecule has 0 saturated carbocycles. The SMILES string of the molecule is CCc1ccc(S(=O)(=O)NCCc2cc(C)n(C)c2C)s1. The first-order valence-electron chi connectivity index (χ1n) is 7.05. The summed E-state index contributed by atoms with van der Waals surface area (Å²) in [5, 5.41) is 0. The summed E-state index contributed by atoms with van der Waals surface area (Å²) in [4.78, 5) is 1.09. The van der Waals surface area contributed by atoms with Crippen LogP contribution in [0.25, 0.3) is 0 Å². The Morgan fingerprint density at radius 1 is 1.29 bits per heavy atom. The van der Waals surface area contributed by atoms with E-state index in [1.54, 1.807) is 6.07 Å². The fourth-order valence-electron chi connectivity index (χ4n) is 2.27. The van der Waals surface area contributed by atoms with Gasteiger partial charge in [-0.1, -0.05) is 6.92 Å². The molecule has 116 valence electrons. The lowest BCUT2D eigenvalue weighted by Gasteiger charge is -2.05. The number of rotatable bonds is 6. The number of aromatic nitrogens is 1. The lowest BCUT2D eigenvalue weighted by atomic mass is 10.2. The Morgan fingerprint density at radius 2 is 2.00 bits per heavy atom. The zero-order chi connectivity index (χ0) is 15.6. The highest BCUT2D eigenvalue weighted by Crippen LogP contribution is 2.21. The van der Waals surface area contributed by atoms with E-state index in [0.29, 0.717) is 17.2 Å². The average molecular weight is 326 g/mol. The molecule has 2 heterocycles. The van der Waals surface area contributed by atoms with E-state index in [4.69, 9.17) is 0 Å². The number of aryl methyl sites for hydroxylation is 2. The predicted octanol–water partition coefficient (Wildman–Crippen LogP) is 2.79. The van der Waals surface area contributed by atoms with Crippen LogP contribution in [0.4, 0.5) is 0 Å². The van der Waals surface area contributed by atoms with Crippen LogP contribution in [0.15, 0.2) is 22.4 Å². The molecule has 0 radical (unpaired) electrons. The number of thiophene rings is 1. The summed E-state index contributed by atoms with van der Waals surface area (Å²) in [6.45, 7) is 6.56. The van der Waals surface area contributed by atoms with Crippen LogP contribution >= 0.6 is 11.3 Å². The lowest BCUT2D eigenvalue weighted by Crippen LogP contribution is -2.25. The van der Waals surface area contributed by atoms with Crippen molar-refractivity contribution in [2.75, 3.05) is 6.54 Å². The van der Waals surface area contributed by atoms with Gasteiger partial charge in [-0.2, -0.15) is 0 Å². The van der Waals surface area contributed by atoms with Crippen molar-refractivity contribution in [2.45, 2.75) is 37.8 Å². The van der Waals surface area contributed by atoms with E-state index in [9.17, 15) is 8.42 Å². The Morgan fingerprint density at radius 3 is 2.52 bits per heavy atom. The predicted molar refractivity (Wildman–Crippen MR) is 87.5 cm³/mol. The van der Waals surface area contributed by atoms with Crippen LogP contribution in [-0.4, -0.2) is 19.5 Å². The Hall–Kier alpha value is -1.11. The molecule has 0 atom stereocenters. The van der Waals surface area contributed by atoms with Gasteiger partial charge in [-0.05, 0) is 50.5 Å². The summed E-state index contributed by atoms with van der Waals surface area (Å²) in [6.07, 6.45) is 1.57. The summed E-state index contributed by atoms with van der Waals surface area (Å²) >= 11 is 1.34. The Balaban J connectivity index is 2.00. The third-order valence-corrected chi connectivity index (χ3v) is 7.00. The number of hydrogen-bond donors (Lipinski definition) is 1. The van der Waals surface area contributed by atoms with Crippen LogP contribution in [0.2, 0.25) is 0 Å². The molecule has 2 aromatic rings. The number of sulfonamides is 1. The fourth-order valence-corrected chi connectivity index (χ4v) is 4.64. The van der Waals surface area contributed by atoms with Crippen LogP contribution < -0.4 is 4.72 Å². The zero-order valence-electron chi connectivity index (χ0n) is 12.9. The van der Waals surface area contributed by atoms with Gasteiger partial charge in [-0.25, -0.2) is 13.1 Å². The van der Waals surface area contributed by atoms with Gasteiger partial charge in [0.2, 0.25) is 10.0 Å². The molecule has 0 bridgehead atoms. The molecule has 0 unspecified atom stereocenters. The minimum atomic E-state index is -3.37. The van der Waals surface area contributed by atoms with Crippen LogP contribution in [0, 0.1) is 13.8 Å². The molecule has 4 nitrogen and oxygen atoms in total. The molecule has 0 aliphatic carbocycles. The molecule has 2 rings (SSSR count). The molecule has 0 spiro atoms. The number of nitrogens with zero attached hydrogens (tertiary/aromatic N) is 1. The van der Waals surface area contributed by atoms with Gasteiger partial charge >= 0.3 is 0 Å². The normalized spacial score (nSPS) is 12.0. The van der Waals surface area contributed by atoms with Gasteiger partial charge in [0.25, 0.3) is 0 Å². The van der Waals surface area contributed by atoms with Crippen molar-refractivity contribution in [1.29, 1.82) is 0 Å². The van der Waals surface area contributed by atoms with Gasteiger partial charge < -0.3 is 4.57 Å². The zero-order valence-corrected chi connectivity index (χ0v) is 14.6. The van der Waals surface area contributed by atoms with E-state index >= 15 is 0 Å². The number of hydrogen-bond acceptors (Lipinski definition) is 3. The topological polar surface area (TPSA) is 51.1 Å². The lowest BCUT2D eigenvalue weighted by molar-refractivity contribution is 0.583. The van der Waals surface area contributed by atoms with Gasteiger partial charge in [0.05, 0.1) is 0 Å². The smallest absolute Gasteiger partial charge is 0.250 e. The molecule has 0 fully saturated rings. The second-order valence-electron chi connectivity index (χ2n) is 5.18. The van der Waals surface area contributed by atoms with Gasteiger partial charge in [-0.15, -0.1) is 11.3 Å². The molecule has 0 aromatic carbocycles. The van der Waals surface area contributed by atoms with Gasteiger partial charge in [0.15, 0.2) is 0 Å². The van der Waals surface area contributed by atoms with Crippen molar-refractivity contribution in [3.05, 3.63) is 40.0 Å². The molecule has 1 N–H and O–H groups in total. The van der Waals surface area contributed by atoms with E-state index in [1.165, 1.54) is 28.3 Å². The first kappa shape index (κ1) is 16.3. The van der Waals surface area contributed by atoms with E-state index in [2.05, 4.69) is 29.2 Å². The second-order valence-corrected chi connectivity index (χ2v) is 8.34. The Bertz CT molecular complexity index is 727. The van der Waals surface area contributed by atoms with Crippen LogP contribution in [0.5, 0.6) is 0 Å². The summed E-state index contributed by atoms with van der Waals surface area (Å²) in [5.74, 6) is 0. The first-order valence-corrected chi connectivity index (χ1v) is 9.35. The third-order valence-electron chi connectivity index (χ3n) is 3.82. The fraction of sp³-hybridized carbons (Fsp3) is 0.467. The van der Waals surface area contributed by atoms with Crippen molar-refractivity contribution >= 4 is 21.4 Å². The molecule has 0 aliphatic rings. The van der Waals surface area contributed by atoms with Gasteiger partial charge in [0, 0.05) is 29.9 Å². The molecule has 0 amide bonds. The van der Waals surface area contributed by atoms with Crippen molar-refractivity contribution < 1.29 is 8.42 Å². The molecule has 0 aliphatic heterocycles. The van der Waals surface area contributed by atoms with E-state index in [-0.39, 0.29) is 0 Å². The Labute approximate surface area is 130 Å². The van der Waals surface area contributed by atoms with Crippen LogP contribution in [0.1, 0.15) is 28.8 Å². The van der Waals surface area contributed by atoms with Crippen molar-refractivity contribution in [3.8, 4) is 0 Å². The maximum atomic E-state index is 12.2. The molecule has 2 aromatic heterocycles. The van der Waals surface area contributed by atoms with Crippen molar-refractivity contribution in [2.24, 2.45) is 7.05 Å². The highest BCUT2D eigenvalue weighted by molar-refractivity contribution is 7.91. The first-order chi connectivity index (χ1) is 9.85. The molecular weight excluding hydrogens is 304 g/mol. The van der Waals surface area contributed by atoms with Crippen LogP contribution in [0.3, 0.4) is 0 Å².